The van der Waals surface area contributed by atoms with Gasteiger partial charge in [0.2, 0.25) is 0 Å². The molecule has 2 aromatic carbocycles. The summed E-state index contributed by atoms with van der Waals surface area (Å²) in [6, 6.07) is 20.3. The Morgan fingerprint density at radius 3 is 0.809 bits per heavy atom. The van der Waals surface area contributed by atoms with Gasteiger partial charge in [-0.25, -0.2) is 0 Å². The molecule has 11 heteroatoms. The molecule has 0 saturated heterocycles. The first-order chi connectivity index (χ1) is 23.0. The number of benzene rings is 2. The second-order valence-corrected chi connectivity index (χ2v) is 19.5. The van der Waals surface area contributed by atoms with Gasteiger partial charge in [-0.05, 0) is 48.9 Å². The molecule has 0 bridgehead atoms. The molecule has 0 amide bonds. The van der Waals surface area contributed by atoms with Gasteiger partial charge < -0.3 is 34.8 Å². The molecule has 0 aliphatic heterocycles. The summed E-state index contributed by atoms with van der Waals surface area (Å²) in [7, 11) is -11.5. The fraction of sp³-hybridized carbons (Fsp3) is 0.667. The van der Waals surface area contributed by atoms with E-state index in [1.165, 1.54) is 0 Å². The van der Waals surface area contributed by atoms with Gasteiger partial charge in [0.1, 0.15) is 0 Å². The van der Waals surface area contributed by atoms with Crippen LogP contribution in [0.2, 0.25) is 0 Å². The predicted molar refractivity (Wildman–Crippen MR) is 197 cm³/mol. The first kappa shape index (κ1) is 41.9. The number of unbranched alkanes of at least 4 members (excludes halogenated alkanes) is 6. The fourth-order valence-corrected chi connectivity index (χ4v) is 15.7. The molecule has 0 spiro atoms. The summed E-state index contributed by atoms with van der Waals surface area (Å²) < 4.78 is 55.1. The van der Waals surface area contributed by atoms with E-state index < -0.39 is 26.7 Å². The van der Waals surface area contributed by atoms with Gasteiger partial charge in [0, 0.05) is 39.6 Å². The topological polar surface area (TPSA) is 73.8 Å². The zero-order chi connectivity index (χ0) is 34.1. The lowest BCUT2D eigenvalue weighted by atomic mass is 10.4. The first-order valence-electron chi connectivity index (χ1n) is 18.3. The summed E-state index contributed by atoms with van der Waals surface area (Å²) >= 11 is 0. The Kier molecular flexibility index (Phi) is 22.2. The largest absolute Gasteiger partial charge is 0.671 e. The van der Waals surface area contributed by atoms with Crippen molar-refractivity contribution in [2.45, 2.75) is 119 Å². The van der Waals surface area contributed by atoms with Crippen LogP contribution >= 0.6 is 0 Å². The minimum absolute atomic E-state index is 0.463. The maximum Gasteiger partial charge on any atom is 0.671 e. The lowest BCUT2D eigenvalue weighted by Gasteiger charge is -2.42. The highest BCUT2D eigenvalue weighted by atomic mass is 28.5. The van der Waals surface area contributed by atoms with Crippen LogP contribution in [0, 0.1) is 0 Å². The summed E-state index contributed by atoms with van der Waals surface area (Å²) in [6.07, 6.45) is 11.0. The van der Waals surface area contributed by atoms with Gasteiger partial charge >= 0.3 is 26.7 Å². The van der Waals surface area contributed by atoms with Crippen LogP contribution in [-0.2, 0) is 34.8 Å². The molecule has 0 fully saturated rings. The zero-order valence-corrected chi connectivity index (χ0v) is 33.3. The van der Waals surface area contributed by atoms with E-state index in [0.29, 0.717) is 39.6 Å². The van der Waals surface area contributed by atoms with Crippen LogP contribution < -0.4 is 10.4 Å². The lowest BCUT2D eigenvalue weighted by molar-refractivity contribution is -0.0265. The molecular weight excluding hydrogens is 645 g/mol. The average Bonchev–Trinajstić information content (AvgIpc) is 3.09. The Morgan fingerprint density at radius 2 is 0.596 bits per heavy atom. The molecule has 2 aromatic rings. The Hall–Kier alpha value is -1.23. The third-order valence-corrected chi connectivity index (χ3v) is 17.3. The highest BCUT2D eigenvalue weighted by molar-refractivity contribution is 6.99. The van der Waals surface area contributed by atoms with Gasteiger partial charge in [0.25, 0.3) is 0 Å². The molecule has 47 heavy (non-hydrogen) atoms. The molecule has 0 heterocycles. The van der Waals surface area contributed by atoms with E-state index in [4.69, 9.17) is 34.8 Å². The minimum Gasteiger partial charge on any atom is -0.363 e. The van der Waals surface area contributed by atoms with Gasteiger partial charge in [-0.15, -0.1) is 0 Å². The fourth-order valence-electron chi connectivity index (χ4n) is 4.57. The van der Waals surface area contributed by atoms with E-state index in [1.54, 1.807) is 0 Å². The molecule has 268 valence electrons. The standard InChI is InChI=1S/C36H64O8Si3/c1-7-13-29-37-46(38-30-14-8-2,39-31-15-9-3)43-45(35-25-21-19-22-26-35,36-27-23-20-24-28-36)44-47(40-32-16-10-4,41-33-17-11-5)42-34-18-12-6/h19-28H,7-18,29-34H2,1-6H3. The van der Waals surface area contributed by atoms with Crippen molar-refractivity contribution in [3.05, 3.63) is 60.7 Å². The van der Waals surface area contributed by atoms with Crippen molar-refractivity contribution in [3.63, 3.8) is 0 Å². The SMILES string of the molecule is CCCCO[Si](OCCCC)(OCCCC)O[Si](O[Si](OCCCC)(OCCCC)OCCCC)(c1ccccc1)c1ccccc1. The third kappa shape index (κ3) is 14.6. The van der Waals surface area contributed by atoms with E-state index >= 15 is 0 Å². The number of hydrogen-bond donors (Lipinski definition) is 0. The van der Waals surface area contributed by atoms with Crippen molar-refractivity contribution in [1.29, 1.82) is 0 Å². The smallest absolute Gasteiger partial charge is 0.363 e. The van der Waals surface area contributed by atoms with Crippen molar-refractivity contribution in [2.24, 2.45) is 0 Å². The maximum absolute atomic E-state index is 7.50. The third-order valence-electron chi connectivity index (χ3n) is 7.51. The van der Waals surface area contributed by atoms with Gasteiger partial charge in [-0.2, -0.15) is 0 Å². The molecular formula is C36H64O8Si3. The van der Waals surface area contributed by atoms with Crippen LogP contribution in [0.3, 0.4) is 0 Å². The highest BCUT2D eigenvalue weighted by Gasteiger charge is 2.63. The lowest BCUT2D eigenvalue weighted by Crippen LogP contribution is -2.74. The van der Waals surface area contributed by atoms with Crippen molar-refractivity contribution in [3.8, 4) is 0 Å². The Bertz CT molecular complexity index is 883. The van der Waals surface area contributed by atoms with E-state index in [0.717, 1.165) is 87.4 Å². The van der Waals surface area contributed by atoms with Crippen molar-refractivity contribution in [1.82, 2.24) is 0 Å². The van der Waals surface area contributed by atoms with Crippen LogP contribution in [0.25, 0.3) is 0 Å². The van der Waals surface area contributed by atoms with Crippen molar-refractivity contribution < 1.29 is 34.8 Å². The Labute approximate surface area is 290 Å². The molecule has 8 nitrogen and oxygen atoms in total. The van der Waals surface area contributed by atoms with Crippen molar-refractivity contribution >= 4 is 37.0 Å². The molecule has 0 aliphatic carbocycles. The van der Waals surface area contributed by atoms with E-state index in [2.05, 4.69) is 65.8 Å². The van der Waals surface area contributed by atoms with E-state index in [9.17, 15) is 0 Å². The van der Waals surface area contributed by atoms with Crippen LogP contribution in [-0.4, -0.2) is 66.3 Å². The maximum atomic E-state index is 7.50. The van der Waals surface area contributed by atoms with Crippen LogP contribution in [0.4, 0.5) is 0 Å². The molecule has 0 aromatic heterocycles. The monoisotopic (exact) mass is 708 g/mol. The molecule has 0 saturated carbocycles. The van der Waals surface area contributed by atoms with Gasteiger partial charge in [0.15, 0.2) is 0 Å². The molecule has 2 rings (SSSR count). The number of hydrogen-bond acceptors (Lipinski definition) is 8. The second-order valence-electron chi connectivity index (χ2n) is 11.8. The quantitative estimate of drug-likeness (QED) is 0.0597. The number of rotatable bonds is 30. The molecule has 0 aliphatic rings. The highest BCUT2D eigenvalue weighted by Crippen LogP contribution is 2.28. The van der Waals surface area contributed by atoms with E-state index in [1.807, 2.05) is 36.4 Å². The van der Waals surface area contributed by atoms with E-state index in [-0.39, 0.29) is 0 Å². The van der Waals surface area contributed by atoms with Gasteiger partial charge in [-0.1, -0.05) is 141 Å². The summed E-state index contributed by atoms with van der Waals surface area (Å²) in [6.45, 7) is 15.7. The van der Waals surface area contributed by atoms with Crippen LogP contribution in [0.15, 0.2) is 60.7 Å². The zero-order valence-electron chi connectivity index (χ0n) is 30.3. The summed E-state index contributed by atoms with van der Waals surface area (Å²) in [5.41, 5.74) is 0. The van der Waals surface area contributed by atoms with Crippen LogP contribution in [0.5, 0.6) is 0 Å². The van der Waals surface area contributed by atoms with Gasteiger partial charge in [-0.3, -0.25) is 0 Å². The summed E-state index contributed by atoms with van der Waals surface area (Å²) in [4.78, 5) is 0. The van der Waals surface area contributed by atoms with Gasteiger partial charge in [0.05, 0.1) is 0 Å². The first-order valence-corrected chi connectivity index (χ1v) is 23.4. The van der Waals surface area contributed by atoms with Crippen molar-refractivity contribution in [2.75, 3.05) is 39.6 Å². The molecule has 0 radical (unpaired) electrons. The Balaban J connectivity index is 2.88. The summed E-state index contributed by atoms with van der Waals surface area (Å²) in [5, 5.41) is 1.77. The Morgan fingerprint density at radius 1 is 0.362 bits per heavy atom. The predicted octanol–water partition coefficient (Wildman–Crippen LogP) is 8.05. The molecule has 0 unspecified atom stereocenters. The average molecular weight is 709 g/mol. The summed E-state index contributed by atoms with van der Waals surface area (Å²) in [5.74, 6) is 0. The molecule has 0 atom stereocenters. The van der Waals surface area contributed by atoms with Crippen LogP contribution in [0.1, 0.15) is 119 Å². The normalized spacial score (nSPS) is 12.6. The molecule has 0 N–H and O–H groups in total. The minimum atomic E-state index is -3.83. The second kappa shape index (κ2) is 24.8.